The molecule has 4 aromatic carbocycles. The number of nitrogens with zero attached hydrogens (tertiary/aromatic N) is 1. The van der Waals surface area contributed by atoms with Gasteiger partial charge in [0.05, 0.1) is 11.4 Å². The molecule has 0 spiro atoms. The van der Waals surface area contributed by atoms with Gasteiger partial charge in [-0.2, -0.15) is 0 Å². The first-order chi connectivity index (χ1) is 16.5. The van der Waals surface area contributed by atoms with Crippen molar-refractivity contribution in [1.29, 1.82) is 0 Å². The van der Waals surface area contributed by atoms with E-state index in [1.54, 1.807) is 18.2 Å². The molecule has 180 valence electrons. The van der Waals surface area contributed by atoms with E-state index in [0.717, 1.165) is 50.4 Å². The van der Waals surface area contributed by atoms with Crippen LogP contribution < -0.4 is 9.64 Å². The zero-order valence-electron chi connectivity index (χ0n) is 21.0. The van der Waals surface area contributed by atoms with Crippen LogP contribution in [-0.4, -0.2) is 15.3 Å². The molecule has 5 heteroatoms. The van der Waals surface area contributed by atoms with Gasteiger partial charge in [0.2, 0.25) is 0 Å². The lowest BCUT2D eigenvalue weighted by Crippen LogP contribution is -2.13. The van der Waals surface area contributed by atoms with Gasteiger partial charge in [0.25, 0.3) is 0 Å². The Kier molecular flexibility index (Phi) is 6.35. The topological polar surface area (TPSA) is 73.2 Å². The van der Waals surface area contributed by atoms with E-state index in [4.69, 9.17) is 4.74 Å². The van der Waals surface area contributed by atoms with E-state index < -0.39 is 0 Å². The third-order valence-electron chi connectivity index (χ3n) is 6.22. The molecule has 0 aromatic heterocycles. The van der Waals surface area contributed by atoms with E-state index in [1.165, 1.54) is 0 Å². The van der Waals surface area contributed by atoms with Crippen molar-refractivity contribution in [2.24, 2.45) is 0 Å². The summed E-state index contributed by atoms with van der Waals surface area (Å²) in [5.74, 6) is 1.52. The minimum atomic E-state index is 0.102. The summed E-state index contributed by atoms with van der Waals surface area (Å²) in [5.41, 5.74) is 7.83. The summed E-state index contributed by atoms with van der Waals surface area (Å²) >= 11 is 0. The summed E-state index contributed by atoms with van der Waals surface area (Å²) in [6.07, 6.45) is 0. The molecular weight excluding hydrogens is 438 g/mol. The summed E-state index contributed by atoms with van der Waals surface area (Å²) in [5, 5.41) is 31.3. The Labute approximate surface area is 206 Å². The highest BCUT2D eigenvalue weighted by atomic mass is 16.5. The molecule has 0 amide bonds. The predicted octanol–water partition coefficient (Wildman–Crippen LogP) is 7.92. The number of ether oxygens (including phenoxy) is 1. The average Bonchev–Trinajstić information content (AvgIpc) is 2.78. The number of hydrogen-bond donors (Lipinski definition) is 3. The lowest BCUT2D eigenvalue weighted by atomic mass is 10.0. The molecule has 0 heterocycles. The van der Waals surface area contributed by atoms with Crippen LogP contribution in [0.1, 0.15) is 33.4 Å². The van der Waals surface area contributed by atoms with Crippen molar-refractivity contribution < 1.29 is 20.1 Å². The molecule has 0 fully saturated rings. The standard InChI is InChI=1S/C30H31NO4/c1-17-11-22(6)30(29(34)12-17)35-24-9-7-23(8-10-24)31(25-15-27(32)20(4)13-18(25)2)26-16-28(33)21(5)14-19(26)3/h7-16,32-34H,1-6H3. The SMILES string of the molecule is Cc1cc(C)c(Oc2ccc(N(c3cc(O)c(C)cc3C)c3cc(O)c(C)cc3C)cc2)c(O)c1. The number of rotatable bonds is 5. The van der Waals surface area contributed by atoms with Gasteiger partial charge in [0.1, 0.15) is 17.2 Å². The van der Waals surface area contributed by atoms with Gasteiger partial charge in [-0.3, -0.25) is 0 Å². The fraction of sp³-hybridized carbons (Fsp3) is 0.200. The summed E-state index contributed by atoms with van der Waals surface area (Å²) in [7, 11) is 0. The van der Waals surface area contributed by atoms with Crippen LogP contribution in [0.2, 0.25) is 0 Å². The second-order valence-corrected chi connectivity index (χ2v) is 9.21. The molecular formula is C30H31NO4. The fourth-order valence-electron chi connectivity index (χ4n) is 4.40. The van der Waals surface area contributed by atoms with E-state index >= 15 is 0 Å². The maximum Gasteiger partial charge on any atom is 0.171 e. The molecule has 3 N–H and O–H groups in total. The van der Waals surface area contributed by atoms with Crippen molar-refractivity contribution in [2.75, 3.05) is 4.90 Å². The number of anilines is 3. The van der Waals surface area contributed by atoms with Crippen molar-refractivity contribution in [3.05, 3.63) is 94.0 Å². The maximum absolute atomic E-state index is 10.5. The van der Waals surface area contributed by atoms with E-state index in [-0.39, 0.29) is 17.2 Å². The molecule has 0 saturated heterocycles. The zero-order chi connectivity index (χ0) is 25.4. The highest BCUT2D eigenvalue weighted by Crippen LogP contribution is 2.43. The van der Waals surface area contributed by atoms with E-state index in [1.807, 2.05) is 88.9 Å². The molecule has 4 aromatic rings. The Balaban J connectivity index is 1.81. The van der Waals surface area contributed by atoms with Crippen molar-refractivity contribution >= 4 is 17.1 Å². The molecule has 0 bridgehead atoms. The second-order valence-electron chi connectivity index (χ2n) is 9.21. The fourth-order valence-corrected chi connectivity index (χ4v) is 4.40. The molecule has 0 atom stereocenters. The second kappa shape index (κ2) is 9.26. The van der Waals surface area contributed by atoms with Crippen LogP contribution in [0.5, 0.6) is 28.7 Å². The third-order valence-corrected chi connectivity index (χ3v) is 6.22. The minimum absolute atomic E-state index is 0.102. The maximum atomic E-state index is 10.5. The van der Waals surface area contributed by atoms with Gasteiger partial charge in [-0.1, -0.05) is 18.2 Å². The Hall–Kier alpha value is -4.12. The van der Waals surface area contributed by atoms with Crippen LogP contribution in [0.15, 0.2) is 60.7 Å². The predicted molar refractivity (Wildman–Crippen MR) is 141 cm³/mol. The van der Waals surface area contributed by atoms with Crippen LogP contribution in [0.3, 0.4) is 0 Å². The lowest BCUT2D eigenvalue weighted by Gasteiger charge is -2.29. The van der Waals surface area contributed by atoms with Crippen molar-refractivity contribution in [3.8, 4) is 28.7 Å². The Morgan fingerprint density at radius 2 is 1.06 bits per heavy atom. The monoisotopic (exact) mass is 469 g/mol. The number of aryl methyl sites for hydroxylation is 6. The third kappa shape index (κ3) is 4.76. The quantitative estimate of drug-likeness (QED) is 0.277. The smallest absolute Gasteiger partial charge is 0.171 e. The first-order valence-electron chi connectivity index (χ1n) is 11.5. The Bertz CT molecular complexity index is 1330. The van der Waals surface area contributed by atoms with Crippen LogP contribution in [-0.2, 0) is 0 Å². The highest BCUT2D eigenvalue weighted by molar-refractivity contribution is 5.82. The van der Waals surface area contributed by atoms with Gasteiger partial charge in [-0.25, -0.2) is 0 Å². The Morgan fingerprint density at radius 3 is 1.54 bits per heavy atom. The molecule has 0 radical (unpaired) electrons. The van der Waals surface area contributed by atoms with Crippen molar-refractivity contribution in [3.63, 3.8) is 0 Å². The van der Waals surface area contributed by atoms with Gasteiger partial charge < -0.3 is 25.0 Å². The van der Waals surface area contributed by atoms with Crippen LogP contribution in [0.25, 0.3) is 0 Å². The molecule has 4 rings (SSSR count). The van der Waals surface area contributed by atoms with Gasteiger partial charge in [0, 0.05) is 17.8 Å². The van der Waals surface area contributed by atoms with Gasteiger partial charge in [-0.05, 0) is 105 Å². The number of aromatic hydroxyl groups is 3. The van der Waals surface area contributed by atoms with E-state index in [9.17, 15) is 15.3 Å². The van der Waals surface area contributed by atoms with Crippen molar-refractivity contribution in [2.45, 2.75) is 41.5 Å². The average molecular weight is 470 g/mol. The van der Waals surface area contributed by atoms with Crippen LogP contribution in [0.4, 0.5) is 17.1 Å². The van der Waals surface area contributed by atoms with Crippen molar-refractivity contribution in [1.82, 2.24) is 0 Å². The van der Waals surface area contributed by atoms with Gasteiger partial charge in [0.15, 0.2) is 11.5 Å². The molecule has 0 saturated carbocycles. The lowest BCUT2D eigenvalue weighted by molar-refractivity contribution is 0.408. The first kappa shape index (κ1) is 24.0. The van der Waals surface area contributed by atoms with Crippen LogP contribution in [0, 0.1) is 41.5 Å². The highest BCUT2D eigenvalue weighted by Gasteiger charge is 2.20. The van der Waals surface area contributed by atoms with E-state index in [2.05, 4.69) is 0 Å². The molecule has 0 unspecified atom stereocenters. The number of phenols is 3. The van der Waals surface area contributed by atoms with Gasteiger partial charge >= 0.3 is 0 Å². The summed E-state index contributed by atoms with van der Waals surface area (Å²) in [4.78, 5) is 2.02. The molecule has 5 nitrogen and oxygen atoms in total. The van der Waals surface area contributed by atoms with Crippen LogP contribution >= 0.6 is 0 Å². The molecule has 0 aliphatic heterocycles. The normalized spacial score (nSPS) is 10.9. The molecule has 0 aliphatic carbocycles. The number of hydrogen-bond acceptors (Lipinski definition) is 5. The zero-order valence-corrected chi connectivity index (χ0v) is 21.0. The summed E-state index contributed by atoms with van der Waals surface area (Å²) in [6.45, 7) is 11.6. The minimum Gasteiger partial charge on any atom is -0.508 e. The molecule has 0 aliphatic rings. The largest absolute Gasteiger partial charge is 0.508 e. The van der Waals surface area contributed by atoms with E-state index in [0.29, 0.717) is 11.5 Å². The van der Waals surface area contributed by atoms with Gasteiger partial charge in [-0.15, -0.1) is 0 Å². The number of benzene rings is 4. The summed E-state index contributed by atoms with van der Waals surface area (Å²) < 4.78 is 6.01. The molecule has 35 heavy (non-hydrogen) atoms. The summed E-state index contributed by atoms with van der Waals surface area (Å²) in [6, 6.07) is 18.6. The Morgan fingerprint density at radius 1 is 0.543 bits per heavy atom. The number of phenolic OH excluding ortho intramolecular Hbond substituents is 3. The first-order valence-corrected chi connectivity index (χ1v) is 11.5.